The minimum Gasteiger partial charge on any atom is -0.506 e. The first-order chi connectivity index (χ1) is 12.2. The molecule has 0 unspecified atom stereocenters. The van der Waals surface area contributed by atoms with Crippen molar-refractivity contribution in [3.05, 3.63) is 64.2 Å². The fourth-order valence-corrected chi connectivity index (χ4v) is 2.20. The monoisotopic (exact) mass is 386 g/mol. The minimum absolute atomic E-state index is 0.0354. The van der Waals surface area contributed by atoms with Crippen LogP contribution in [-0.4, -0.2) is 30.0 Å². The number of hydrogen-bond donors (Lipinski definition) is 3. The molecule has 5 nitrogen and oxygen atoms in total. The van der Waals surface area contributed by atoms with Crippen molar-refractivity contribution in [2.24, 2.45) is 0 Å². The average Bonchev–Trinajstić information content (AvgIpc) is 2.60. The Kier molecular flexibility index (Phi) is 6.10. The molecule has 0 aliphatic heterocycles. The summed E-state index contributed by atoms with van der Waals surface area (Å²) < 4.78 is 37.4. The van der Waals surface area contributed by atoms with Gasteiger partial charge in [0.15, 0.2) is 0 Å². The lowest BCUT2D eigenvalue weighted by Crippen LogP contribution is -2.34. The van der Waals surface area contributed by atoms with E-state index < -0.39 is 23.6 Å². The van der Waals surface area contributed by atoms with Crippen LogP contribution in [0.2, 0.25) is 5.02 Å². The number of carbonyl (C=O) groups is 2. The van der Waals surface area contributed by atoms with Gasteiger partial charge in [-0.2, -0.15) is 13.2 Å². The molecule has 9 heteroatoms. The molecular formula is C17H14ClF3N2O3. The molecule has 26 heavy (non-hydrogen) atoms. The Hall–Kier alpha value is -2.74. The van der Waals surface area contributed by atoms with Crippen molar-refractivity contribution < 1.29 is 27.9 Å². The molecular weight excluding hydrogens is 373 g/mol. The summed E-state index contributed by atoms with van der Waals surface area (Å²) in [6, 6.07) is 7.77. The number of amides is 2. The minimum atomic E-state index is -4.46. The van der Waals surface area contributed by atoms with Gasteiger partial charge < -0.3 is 15.7 Å². The van der Waals surface area contributed by atoms with Crippen LogP contribution in [0.1, 0.15) is 26.3 Å². The van der Waals surface area contributed by atoms with E-state index in [1.807, 2.05) is 0 Å². The van der Waals surface area contributed by atoms with E-state index in [0.717, 1.165) is 24.3 Å². The largest absolute Gasteiger partial charge is 0.506 e. The van der Waals surface area contributed by atoms with E-state index in [1.54, 1.807) is 0 Å². The van der Waals surface area contributed by atoms with E-state index in [1.165, 1.54) is 18.2 Å². The van der Waals surface area contributed by atoms with Crippen LogP contribution in [0.15, 0.2) is 42.5 Å². The highest BCUT2D eigenvalue weighted by atomic mass is 35.5. The van der Waals surface area contributed by atoms with Gasteiger partial charge in [0.05, 0.1) is 10.6 Å². The molecule has 0 fully saturated rings. The van der Waals surface area contributed by atoms with Gasteiger partial charge in [-0.1, -0.05) is 11.6 Å². The first kappa shape index (κ1) is 19.6. The zero-order valence-electron chi connectivity index (χ0n) is 13.2. The van der Waals surface area contributed by atoms with Crippen molar-refractivity contribution >= 4 is 23.4 Å². The Morgan fingerprint density at radius 2 is 1.42 bits per heavy atom. The lowest BCUT2D eigenvalue weighted by atomic mass is 10.1. The molecule has 0 saturated heterocycles. The van der Waals surface area contributed by atoms with Gasteiger partial charge in [-0.05, 0) is 42.5 Å². The molecule has 138 valence electrons. The Balaban J connectivity index is 1.81. The number of nitrogens with one attached hydrogen (secondary N) is 2. The Labute approximate surface area is 151 Å². The third-order valence-electron chi connectivity index (χ3n) is 3.38. The van der Waals surface area contributed by atoms with Crippen LogP contribution >= 0.6 is 11.6 Å². The first-order valence-corrected chi connectivity index (χ1v) is 7.78. The molecule has 0 atom stereocenters. The second kappa shape index (κ2) is 8.09. The van der Waals surface area contributed by atoms with Crippen molar-refractivity contribution in [1.82, 2.24) is 10.6 Å². The van der Waals surface area contributed by atoms with Crippen LogP contribution in [0, 0.1) is 0 Å². The van der Waals surface area contributed by atoms with Crippen LogP contribution in [0.25, 0.3) is 0 Å². The second-order valence-corrected chi connectivity index (χ2v) is 5.66. The summed E-state index contributed by atoms with van der Waals surface area (Å²) >= 11 is 5.71. The summed E-state index contributed by atoms with van der Waals surface area (Å²) in [4.78, 5) is 23.7. The molecule has 0 radical (unpaired) electrons. The molecule has 3 N–H and O–H groups in total. The molecule has 0 aliphatic rings. The van der Waals surface area contributed by atoms with Crippen LogP contribution in [-0.2, 0) is 6.18 Å². The summed E-state index contributed by atoms with van der Waals surface area (Å²) in [5.74, 6) is -1.15. The molecule has 0 aliphatic carbocycles. The third-order valence-corrected chi connectivity index (χ3v) is 3.68. The Morgan fingerprint density at radius 3 is 1.92 bits per heavy atom. The molecule has 0 saturated carbocycles. The summed E-state index contributed by atoms with van der Waals surface area (Å²) in [5, 5.41) is 14.4. The maximum absolute atomic E-state index is 12.5. The zero-order chi connectivity index (χ0) is 19.3. The zero-order valence-corrected chi connectivity index (χ0v) is 14.0. The number of rotatable bonds is 5. The van der Waals surface area contributed by atoms with Crippen molar-refractivity contribution in [2.45, 2.75) is 6.18 Å². The Morgan fingerprint density at radius 1 is 0.923 bits per heavy atom. The van der Waals surface area contributed by atoms with Crippen LogP contribution in [0.5, 0.6) is 5.75 Å². The first-order valence-electron chi connectivity index (χ1n) is 7.40. The summed E-state index contributed by atoms with van der Waals surface area (Å²) in [6.07, 6.45) is -4.46. The van der Waals surface area contributed by atoms with Gasteiger partial charge in [0, 0.05) is 24.2 Å². The topological polar surface area (TPSA) is 78.4 Å². The SMILES string of the molecule is O=C(NCCNC(=O)c1ccc(O)c(Cl)c1)c1ccc(C(F)(F)F)cc1. The highest BCUT2D eigenvalue weighted by Gasteiger charge is 2.30. The molecule has 2 aromatic carbocycles. The summed E-state index contributed by atoms with van der Waals surface area (Å²) in [6.45, 7) is 0.182. The summed E-state index contributed by atoms with van der Waals surface area (Å²) in [7, 11) is 0. The molecule has 0 spiro atoms. The number of halogens is 4. The normalized spacial score (nSPS) is 11.1. The molecule has 0 bridgehead atoms. The van der Waals surface area contributed by atoms with E-state index in [4.69, 9.17) is 11.6 Å². The third kappa shape index (κ3) is 5.13. The predicted octanol–water partition coefficient (Wildman–Crippen LogP) is 3.22. The van der Waals surface area contributed by atoms with Gasteiger partial charge in [-0.25, -0.2) is 0 Å². The van der Waals surface area contributed by atoms with E-state index in [-0.39, 0.29) is 35.0 Å². The summed E-state index contributed by atoms with van der Waals surface area (Å²) in [5.41, 5.74) is -0.523. The number of hydrogen-bond acceptors (Lipinski definition) is 3. The average molecular weight is 387 g/mol. The van der Waals surface area contributed by atoms with Gasteiger partial charge in [0.25, 0.3) is 11.8 Å². The smallest absolute Gasteiger partial charge is 0.416 e. The highest BCUT2D eigenvalue weighted by molar-refractivity contribution is 6.32. The van der Waals surface area contributed by atoms with E-state index in [9.17, 15) is 27.9 Å². The standard InChI is InChI=1S/C17H14ClF3N2O3/c18-13-9-11(3-6-14(13)24)16(26)23-8-7-22-15(25)10-1-4-12(5-2-10)17(19,20)21/h1-6,9,24H,7-8H2,(H,22,25)(H,23,26). The number of alkyl halides is 3. The van der Waals surface area contributed by atoms with Crippen LogP contribution < -0.4 is 10.6 Å². The van der Waals surface area contributed by atoms with E-state index in [2.05, 4.69) is 10.6 Å². The van der Waals surface area contributed by atoms with Gasteiger partial charge in [0.1, 0.15) is 5.75 Å². The molecule has 0 heterocycles. The fraction of sp³-hybridized carbons (Fsp3) is 0.176. The predicted molar refractivity (Wildman–Crippen MR) is 89.2 cm³/mol. The molecule has 2 rings (SSSR count). The highest BCUT2D eigenvalue weighted by Crippen LogP contribution is 2.29. The van der Waals surface area contributed by atoms with Crippen LogP contribution in [0.3, 0.4) is 0 Å². The lowest BCUT2D eigenvalue weighted by molar-refractivity contribution is -0.137. The maximum Gasteiger partial charge on any atom is 0.416 e. The number of carbonyl (C=O) groups excluding carboxylic acids is 2. The molecule has 2 aromatic rings. The fourth-order valence-electron chi connectivity index (χ4n) is 2.01. The second-order valence-electron chi connectivity index (χ2n) is 5.25. The Bertz CT molecular complexity index is 808. The van der Waals surface area contributed by atoms with Gasteiger partial charge in [0.2, 0.25) is 0 Å². The van der Waals surface area contributed by atoms with Crippen LogP contribution in [0.4, 0.5) is 13.2 Å². The van der Waals surface area contributed by atoms with Crippen molar-refractivity contribution in [1.29, 1.82) is 0 Å². The molecule has 2 amide bonds. The number of phenols is 1. The quantitative estimate of drug-likeness (QED) is 0.690. The number of aromatic hydroxyl groups is 1. The number of phenolic OH excluding ortho intramolecular Hbond substituents is 1. The number of benzene rings is 2. The van der Waals surface area contributed by atoms with Crippen molar-refractivity contribution in [3.8, 4) is 5.75 Å². The molecule has 0 aromatic heterocycles. The maximum atomic E-state index is 12.5. The lowest BCUT2D eigenvalue weighted by Gasteiger charge is -2.09. The van der Waals surface area contributed by atoms with Gasteiger partial charge in [-0.3, -0.25) is 9.59 Å². The van der Waals surface area contributed by atoms with Crippen molar-refractivity contribution in [3.63, 3.8) is 0 Å². The van der Waals surface area contributed by atoms with Gasteiger partial charge >= 0.3 is 6.18 Å². The van der Waals surface area contributed by atoms with E-state index >= 15 is 0 Å². The van der Waals surface area contributed by atoms with Crippen molar-refractivity contribution in [2.75, 3.05) is 13.1 Å². The van der Waals surface area contributed by atoms with Gasteiger partial charge in [-0.15, -0.1) is 0 Å². The van der Waals surface area contributed by atoms with E-state index in [0.29, 0.717) is 0 Å².